The van der Waals surface area contributed by atoms with E-state index in [1.165, 1.54) is 43.4 Å². The van der Waals surface area contributed by atoms with Crippen LogP contribution in [-0.4, -0.2) is 34.7 Å². The number of halogens is 3. The van der Waals surface area contributed by atoms with Gasteiger partial charge in [0.15, 0.2) is 0 Å². The Hall–Kier alpha value is -3.10. The standard InChI is InChI=1S/C20H23N3O.C2HF3O2/c1-14-6-5-11-21-18(14)23-19(24)15-7-8-17-16(12-15)20(13-22-17)9-3-2-4-10-20;3-2(4,5)1(6)7/h5-8,11-12,22H,2-4,9-10,13H2,1H3,(H,21,23,24);(H,6,7). The van der Waals surface area contributed by atoms with E-state index in [4.69, 9.17) is 9.90 Å². The lowest BCUT2D eigenvalue weighted by Crippen LogP contribution is -2.31. The number of nitrogens with one attached hydrogen (secondary N) is 2. The van der Waals surface area contributed by atoms with E-state index in [9.17, 15) is 18.0 Å². The van der Waals surface area contributed by atoms with E-state index in [0.717, 1.165) is 12.1 Å². The average molecular weight is 435 g/mol. The highest BCUT2D eigenvalue weighted by Gasteiger charge is 2.40. The predicted molar refractivity (Wildman–Crippen MR) is 110 cm³/mol. The first-order chi connectivity index (χ1) is 14.6. The van der Waals surface area contributed by atoms with Gasteiger partial charge in [-0.15, -0.1) is 0 Å². The number of carbonyl (C=O) groups excluding carboxylic acids is 1. The monoisotopic (exact) mass is 435 g/mol. The van der Waals surface area contributed by atoms with Crippen molar-refractivity contribution in [3.05, 3.63) is 53.2 Å². The average Bonchev–Trinajstić information content (AvgIpc) is 3.07. The first-order valence-corrected chi connectivity index (χ1v) is 10.0. The SMILES string of the molecule is Cc1cccnc1NC(=O)c1ccc2c(c1)C1(CCCCC1)CN2.O=C(O)C(F)(F)F. The summed E-state index contributed by atoms with van der Waals surface area (Å²) in [5, 5.41) is 13.6. The van der Waals surface area contributed by atoms with Crippen LogP contribution in [0.1, 0.15) is 53.6 Å². The molecular weight excluding hydrogens is 411 g/mol. The largest absolute Gasteiger partial charge is 0.490 e. The lowest BCUT2D eigenvalue weighted by molar-refractivity contribution is -0.192. The lowest BCUT2D eigenvalue weighted by atomic mass is 9.70. The van der Waals surface area contributed by atoms with Crippen molar-refractivity contribution in [1.82, 2.24) is 4.98 Å². The fourth-order valence-electron chi connectivity index (χ4n) is 4.11. The third kappa shape index (κ3) is 5.15. The minimum absolute atomic E-state index is 0.0857. The fraction of sp³-hybridized carbons (Fsp3) is 0.409. The Morgan fingerprint density at radius 3 is 2.45 bits per heavy atom. The molecule has 0 atom stereocenters. The number of carboxylic acids is 1. The second kappa shape index (κ2) is 8.95. The van der Waals surface area contributed by atoms with E-state index in [-0.39, 0.29) is 11.3 Å². The number of aromatic nitrogens is 1. The molecule has 3 N–H and O–H groups in total. The van der Waals surface area contributed by atoms with Crippen LogP contribution in [-0.2, 0) is 10.2 Å². The molecule has 1 aromatic heterocycles. The number of fused-ring (bicyclic) bond motifs is 2. The third-order valence-corrected chi connectivity index (χ3v) is 5.76. The third-order valence-electron chi connectivity index (χ3n) is 5.76. The number of hydrogen-bond donors (Lipinski definition) is 3. The molecule has 0 saturated heterocycles. The van der Waals surface area contributed by atoms with Crippen molar-refractivity contribution < 1.29 is 27.9 Å². The van der Waals surface area contributed by atoms with Gasteiger partial charge in [0.2, 0.25) is 0 Å². The van der Waals surface area contributed by atoms with Gasteiger partial charge in [-0.25, -0.2) is 9.78 Å². The highest BCUT2D eigenvalue weighted by atomic mass is 19.4. The summed E-state index contributed by atoms with van der Waals surface area (Å²) in [5.74, 6) is -2.21. The molecule has 1 spiro atoms. The number of carboxylic acid groups (broad SMARTS) is 1. The van der Waals surface area contributed by atoms with Crippen molar-refractivity contribution in [2.45, 2.75) is 50.6 Å². The zero-order valence-electron chi connectivity index (χ0n) is 17.1. The highest BCUT2D eigenvalue weighted by Crippen LogP contribution is 2.46. The van der Waals surface area contributed by atoms with E-state index in [1.807, 2.05) is 25.1 Å². The molecule has 4 rings (SSSR count). The van der Waals surface area contributed by atoms with Crippen LogP contribution in [0.3, 0.4) is 0 Å². The minimum Gasteiger partial charge on any atom is -0.475 e. The molecule has 0 radical (unpaired) electrons. The van der Waals surface area contributed by atoms with E-state index in [1.54, 1.807) is 6.20 Å². The van der Waals surface area contributed by atoms with Crippen LogP contribution in [0.25, 0.3) is 0 Å². The molecule has 1 fully saturated rings. The molecule has 2 heterocycles. The van der Waals surface area contributed by atoms with Gasteiger partial charge in [-0.05, 0) is 55.2 Å². The molecule has 1 aliphatic heterocycles. The van der Waals surface area contributed by atoms with Crippen LogP contribution in [0.4, 0.5) is 24.7 Å². The summed E-state index contributed by atoms with van der Waals surface area (Å²) >= 11 is 0. The summed E-state index contributed by atoms with van der Waals surface area (Å²) in [6, 6.07) is 9.87. The van der Waals surface area contributed by atoms with Crippen molar-refractivity contribution in [3.8, 4) is 0 Å². The van der Waals surface area contributed by atoms with Gasteiger partial charge in [-0.3, -0.25) is 4.79 Å². The molecule has 2 aromatic rings. The Bertz CT molecular complexity index is 964. The first-order valence-electron chi connectivity index (χ1n) is 10.0. The predicted octanol–water partition coefficient (Wildman–Crippen LogP) is 4.90. The zero-order chi connectivity index (χ0) is 22.6. The van der Waals surface area contributed by atoms with Gasteiger partial charge in [0.25, 0.3) is 5.91 Å². The number of benzene rings is 1. The van der Waals surface area contributed by atoms with Crippen LogP contribution in [0.2, 0.25) is 0 Å². The Kier molecular flexibility index (Phi) is 6.52. The quantitative estimate of drug-likeness (QED) is 0.624. The van der Waals surface area contributed by atoms with E-state index < -0.39 is 12.1 Å². The number of amides is 1. The number of hydrogen-bond acceptors (Lipinski definition) is 4. The molecule has 166 valence electrons. The number of alkyl halides is 3. The molecule has 1 aromatic carbocycles. The summed E-state index contributed by atoms with van der Waals surface area (Å²) < 4.78 is 31.7. The lowest BCUT2D eigenvalue weighted by Gasteiger charge is -2.33. The van der Waals surface area contributed by atoms with E-state index in [0.29, 0.717) is 11.4 Å². The number of aliphatic carboxylic acids is 1. The molecule has 2 aliphatic rings. The molecule has 0 bridgehead atoms. The van der Waals surface area contributed by atoms with Crippen molar-refractivity contribution in [3.63, 3.8) is 0 Å². The molecular formula is C22H24F3N3O3. The number of carbonyl (C=O) groups is 2. The Morgan fingerprint density at radius 1 is 1.16 bits per heavy atom. The van der Waals surface area contributed by atoms with Gasteiger partial charge < -0.3 is 15.7 Å². The van der Waals surface area contributed by atoms with E-state index in [2.05, 4.69) is 27.8 Å². The summed E-state index contributed by atoms with van der Waals surface area (Å²) in [5.41, 5.74) is 4.44. The van der Waals surface area contributed by atoms with Crippen molar-refractivity contribution in [2.24, 2.45) is 0 Å². The number of rotatable bonds is 2. The van der Waals surface area contributed by atoms with Gasteiger partial charge in [-0.1, -0.05) is 25.3 Å². The molecule has 9 heteroatoms. The van der Waals surface area contributed by atoms with Gasteiger partial charge in [0.1, 0.15) is 5.82 Å². The summed E-state index contributed by atoms with van der Waals surface area (Å²) in [4.78, 5) is 25.8. The van der Waals surface area contributed by atoms with Crippen LogP contribution in [0.15, 0.2) is 36.5 Å². The molecule has 0 unspecified atom stereocenters. The van der Waals surface area contributed by atoms with Crippen molar-refractivity contribution in [1.29, 1.82) is 0 Å². The summed E-state index contributed by atoms with van der Waals surface area (Å²) in [6.07, 6.45) is 2.95. The Labute approximate surface area is 177 Å². The van der Waals surface area contributed by atoms with Crippen LogP contribution < -0.4 is 10.6 Å². The molecule has 31 heavy (non-hydrogen) atoms. The highest BCUT2D eigenvalue weighted by molar-refractivity contribution is 6.04. The summed E-state index contributed by atoms with van der Waals surface area (Å²) in [6.45, 7) is 2.96. The zero-order valence-corrected chi connectivity index (χ0v) is 17.1. The van der Waals surface area contributed by atoms with Crippen molar-refractivity contribution >= 4 is 23.4 Å². The minimum atomic E-state index is -5.08. The topological polar surface area (TPSA) is 91.3 Å². The molecule has 1 saturated carbocycles. The van der Waals surface area contributed by atoms with Gasteiger partial charge in [-0.2, -0.15) is 13.2 Å². The summed E-state index contributed by atoms with van der Waals surface area (Å²) in [7, 11) is 0. The second-order valence-electron chi connectivity index (χ2n) is 7.88. The molecule has 6 nitrogen and oxygen atoms in total. The fourth-order valence-corrected chi connectivity index (χ4v) is 4.11. The molecule has 1 amide bonds. The van der Waals surface area contributed by atoms with Gasteiger partial charge >= 0.3 is 12.1 Å². The number of nitrogens with zero attached hydrogens (tertiary/aromatic N) is 1. The Morgan fingerprint density at radius 2 is 1.84 bits per heavy atom. The van der Waals surface area contributed by atoms with Crippen molar-refractivity contribution in [2.75, 3.05) is 17.2 Å². The smallest absolute Gasteiger partial charge is 0.475 e. The number of anilines is 2. The maximum atomic E-state index is 12.7. The second-order valence-corrected chi connectivity index (χ2v) is 7.88. The van der Waals surface area contributed by atoms with E-state index >= 15 is 0 Å². The Balaban J connectivity index is 0.000000339. The first kappa shape index (κ1) is 22.6. The van der Waals surface area contributed by atoms with Crippen LogP contribution >= 0.6 is 0 Å². The number of pyridine rings is 1. The normalized spacial score (nSPS) is 16.5. The van der Waals surface area contributed by atoms with Crippen LogP contribution in [0, 0.1) is 6.92 Å². The van der Waals surface area contributed by atoms with Gasteiger partial charge in [0, 0.05) is 29.4 Å². The molecule has 1 aliphatic carbocycles. The maximum Gasteiger partial charge on any atom is 0.490 e. The maximum absolute atomic E-state index is 12.7. The number of aryl methyl sites for hydroxylation is 1. The van der Waals surface area contributed by atoms with Gasteiger partial charge in [0.05, 0.1) is 0 Å². The van der Waals surface area contributed by atoms with Crippen LogP contribution in [0.5, 0.6) is 0 Å².